The Kier molecular flexibility index (Phi) is 3.86. The lowest BCUT2D eigenvalue weighted by atomic mass is 10.0. The molecule has 0 aliphatic carbocycles. The number of aromatic amines is 1. The molecule has 4 aromatic rings. The lowest BCUT2D eigenvalue weighted by molar-refractivity contribution is 0.0472. The lowest BCUT2D eigenvalue weighted by Gasteiger charge is -2.39. The third kappa shape index (κ3) is 2.69. The highest BCUT2D eigenvalue weighted by atomic mass is 16.2. The number of aromatic nitrogens is 4. The smallest absolute Gasteiger partial charge is 0.256 e. The van der Waals surface area contributed by atoms with Crippen molar-refractivity contribution < 1.29 is 4.79 Å². The Labute approximate surface area is 173 Å². The molecule has 1 aromatic carbocycles. The van der Waals surface area contributed by atoms with Crippen molar-refractivity contribution in [2.75, 3.05) is 20.1 Å². The van der Waals surface area contributed by atoms with Crippen LogP contribution in [0.2, 0.25) is 0 Å². The summed E-state index contributed by atoms with van der Waals surface area (Å²) in [7, 11) is 2.14. The zero-order chi connectivity index (χ0) is 20.2. The maximum absolute atomic E-state index is 13.4. The first kappa shape index (κ1) is 17.5. The molecule has 2 aliphatic rings. The molecular formula is C23H22N6O. The van der Waals surface area contributed by atoms with Gasteiger partial charge in [0.05, 0.1) is 11.1 Å². The average molecular weight is 398 g/mol. The minimum atomic E-state index is 0.101. The molecule has 5 heterocycles. The first-order valence-corrected chi connectivity index (χ1v) is 10.4. The number of carbonyl (C=O) groups is 1. The van der Waals surface area contributed by atoms with Crippen molar-refractivity contribution in [3.8, 4) is 11.1 Å². The topological polar surface area (TPSA) is 78.0 Å². The predicted molar refractivity (Wildman–Crippen MR) is 115 cm³/mol. The van der Waals surface area contributed by atoms with Gasteiger partial charge in [-0.1, -0.05) is 6.07 Å². The number of hydrogen-bond acceptors (Lipinski definition) is 5. The van der Waals surface area contributed by atoms with Crippen LogP contribution in [0.15, 0.2) is 49.2 Å². The van der Waals surface area contributed by atoms with Crippen molar-refractivity contribution >= 4 is 27.8 Å². The van der Waals surface area contributed by atoms with Gasteiger partial charge in [-0.3, -0.25) is 4.79 Å². The molecule has 2 bridgehead atoms. The van der Waals surface area contributed by atoms with E-state index in [1.807, 2.05) is 30.6 Å². The second-order valence-electron chi connectivity index (χ2n) is 8.44. The van der Waals surface area contributed by atoms with Crippen molar-refractivity contribution in [1.82, 2.24) is 29.7 Å². The number of hydrogen-bond donors (Lipinski definition) is 1. The van der Waals surface area contributed by atoms with E-state index >= 15 is 0 Å². The number of piperazine rings is 1. The lowest BCUT2D eigenvalue weighted by Crippen LogP contribution is -2.54. The molecule has 2 saturated heterocycles. The van der Waals surface area contributed by atoms with Crippen molar-refractivity contribution in [1.29, 1.82) is 0 Å². The van der Waals surface area contributed by atoms with Gasteiger partial charge in [-0.15, -0.1) is 0 Å². The molecule has 1 N–H and O–H groups in total. The molecule has 6 rings (SSSR count). The highest BCUT2D eigenvalue weighted by Gasteiger charge is 2.41. The van der Waals surface area contributed by atoms with Gasteiger partial charge in [-0.05, 0) is 43.7 Å². The highest BCUT2D eigenvalue weighted by molar-refractivity contribution is 6.02. The number of benzene rings is 1. The zero-order valence-corrected chi connectivity index (χ0v) is 16.7. The summed E-state index contributed by atoms with van der Waals surface area (Å²) in [5, 5.41) is 1.94. The molecule has 2 aliphatic heterocycles. The summed E-state index contributed by atoms with van der Waals surface area (Å²) < 4.78 is 0. The fourth-order valence-electron chi connectivity index (χ4n) is 5.11. The summed E-state index contributed by atoms with van der Waals surface area (Å²) >= 11 is 0. The van der Waals surface area contributed by atoms with Crippen LogP contribution in [0, 0.1) is 0 Å². The van der Waals surface area contributed by atoms with E-state index in [4.69, 9.17) is 0 Å². The van der Waals surface area contributed by atoms with E-state index in [-0.39, 0.29) is 5.91 Å². The van der Waals surface area contributed by atoms with Crippen LogP contribution in [-0.4, -0.2) is 67.9 Å². The number of rotatable bonds is 2. The molecule has 2 unspecified atom stereocenters. The number of carbonyl (C=O) groups excluding carboxylic acids is 1. The standard InChI is InChI=1S/C23H22N6O/c1-28-11-17-3-4-18(12-28)29(17)23(30)16-7-19-20(10-26-22(19)25-9-16)14-2-5-21-15(6-14)8-24-13-27-21/h2,5-10,13,17-18H,3-4,11-12H2,1H3,(H,25,26). The van der Waals surface area contributed by atoms with Crippen LogP contribution in [0.25, 0.3) is 33.1 Å². The Morgan fingerprint density at radius 3 is 2.77 bits per heavy atom. The molecule has 0 saturated carbocycles. The number of amides is 1. The van der Waals surface area contributed by atoms with Crippen LogP contribution in [0.4, 0.5) is 0 Å². The van der Waals surface area contributed by atoms with Gasteiger partial charge >= 0.3 is 0 Å². The summed E-state index contributed by atoms with van der Waals surface area (Å²) in [4.78, 5) is 34.0. The van der Waals surface area contributed by atoms with Crippen molar-refractivity contribution in [3.05, 3.63) is 54.7 Å². The number of nitrogens with zero attached hydrogens (tertiary/aromatic N) is 5. The van der Waals surface area contributed by atoms with Gasteiger partial charge in [-0.25, -0.2) is 15.0 Å². The van der Waals surface area contributed by atoms with E-state index in [1.165, 1.54) is 0 Å². The number of pyridine rings is 1. The van der Waals surface area contributed by atoms with E-state index in [1.54, 1.807) is 12.5 Å². The molecule has 30 heavy (non-hydrogen) atoms. The maximum atomic E-state index is 13.4. The number of H-pyrrole nitrogens is 1. The molecular weight excluding hydrogens is 376 g/mol. The SMILES string of the molecule is CN1CC2CCC(C1)N2C(=O)c1cnc2[nH]cc(-c3ccc4ncncc4c3)c2c1. The van der Waals surface area contributed by atoms with Crippen LogP contribution in [-0.2, 0) is 0 Å². The zero-order valence-electron chi connectivity index (χ0n) is 16.7. The van der Waals surface area contributed by atoms with Gasteiger partial charge in [0, 0.05) is 60.1 Å². The van der Waals surface area contributed by atoms with E-state index in [9.17, 15) is 4.79 Å². The highest BCUT2D eigenvalue weighted by Crippen LogP contribution is 2.33. The van der Waals surface area contributed by atoms with Crippen LogP contribution >= 0.6 is 0 Å². The molecule has 0 spiro atoms. The largest absolute Gasteiger partial charge is 0.346 e. The predicted octanol–water partition coefficient (Wildman–Crippen LogP) is 3.09. The molecule has 3 aromatic heterocycles. The summed E-state index contributed by atoms with van der Waals surface area (Å²) in [5.74, 6) is 0.101. The Balaban J connectivity index is 1.40. The molecule has 2 atom stereocenters. The Morgan fingerprint density at radius 1 is 1.10 bits per heavy atom. The summed E-state index contributed by atoms with van der Waals surface area (Å²) in [6, 6.07) is 8.72. The van der Waals surface area contributed by atoms with Gasteiger partial charge in [0.1, 0.15) is 12.0 Å². The van der Waals surface area contributed by atoms with Crippen LogP contribution < -0.4 is 0 Å². The first-order valence-electron chi connectivity index (χ1n) is 10.4. The van der Waals surface area contributed by atoms with Crippen LogP contribution in [0.5, 0.6) is 0 Å². The molecule has 0 radical (unpaired) electrons. The second kappa shape index (κ2) is 6.60. The van der Waals surface area contributed by atoms with Gasteiger partial charge < -0.3 is 14.8 Å². The van der Waals surface area contributed by atoms with E-state index in [0.29, 0.717) is 17.6 Å². The molecule has 7 nitrogen and oxygen atoms in total. The monoisotopic (exact) mass is 398 g/mol. The molecule has 150 valence electrons. The van der Waals surface area contributed by atoms with Gasteiger partial charge in [-0.2, -0.15) is 0 Å². The number of fused-ring (bicyclic) bond motifs is 4. The second-order valence-corrected chi connectivity index (χ2v) is 8.44. The Bertz CT molecular complexity index is 1270. The summed E-state index contributed by atoms with van der Waals surface area (Å²) in [5.41, 5.74) is 4.43. The van der Waals surface area contributed by atoms with Crippen LogP contribution in [0.1, 0.15) is 23.2 Å². The number of likely N-dealkylation sites (N-methyl/N-ethyl adjacent to an activating group) is 1. The third-order valence-electron chi connectivity index (χ3n) is 6.49. The fraction of sp³-hybridized carbons (Fsp3) is 0.304. The van der Waals surface area contributed by atoms with Crippen LogP contribution in [0.3, 0.4) is 0 Å². The van der Waals surface area contributed by atoms with Gasteiger partial charge in [0.15, 0.2) is 0 Å². The summed E-state index contributed by atoms with van der Waals surface area (Å²) in [6.07, 6.45) is 9.21. The number of nitrogens with one attached hydrogen (secondary N) is 1. The summed E-state index contributed by atoms with van der Waals surface area (Å²) in [6.45, 7) is 1.90. The van der Waals surface area contributed by atoms with Crippen molar-refractivity contribution in [2.45, 2.75) is 24.9 Å². The Morgan fingerprint density at radius 2 is 1.93 bits per heavy atom. The van der Waals surface area contributed by atoms with Gasteiger partial charge in [0.2, 0.25) is 0 Å². The third-order valence-corrected chi connectivity index (χ3v) is 6.49. The fourth-order valence-corrected chi connectivity index (χ4v) is 5.11. The molecule has 7 heteroatoms. The van der Waals surface area contributed by atoms with E-state index in [0.717, 1.165) is 59.0 Å². The van der Waals surface area contributed by atoms with Crippen molar-refractivity contribution in [2.24, 2.45) is 0 Å². The minimum Gasteiger partial charge on any atom is -0.346 e. The van der Waals surface area contributed by atoms with E-state index in [2.05, 4.69) is 42.8 Å². The quantitative estimate of drug-likeness (QED) is 0.561. The minimum absolute atomic E-state index is 0.101. The first-order chi connectivity index (χ1) is 14.7. The molecule has 2 fully saturated rings. The Hall–Kier alpha value is -3.32. The number of likely N-dealkylation sites (tertiary alicyclic amines) is 1. The van der Waals surface area contributed by atoms with Gasteiger partial charge in [0.25, 0.3) is 5.91 Å². The normalized spacial score (nSPS) is 21.6. The molecule has 1 amide bonds. The van der Waals surface area contributed by atoms with Crippen molar-refractivity contribution in [3.63, 3.8) is 0 Å². The maximum Gasteiger partial charge on any atom is 0.256 e. The average Bonchev–Trinajstić information content (AvgIpc) is 3.31. The van der Waals surface area contributed by atoms with E-state index < -0.39 is 0 Å².